The minimum atomic E-state index is 0.141. The van der Waals surface area contributed by atoms with E-state index in [-0.39, 0.29) is 5.78 Å². The van der Waals surface area contributed by atoms with E-state index in [2.05, 4.69) is 18.8 Å². The Kier molecular flexibility index (Phi) is 5.75. The summed E-state index contributed by atoms with van der Waals surface area (Å²) in [4.78, 5) is 16.3. The van der Waals surface area contributed by atoms with Crippen LogP contribution in [0.2, 0.25) is 0 Å². The molecule has 118 valence electrons. The average Bonchev–Trinajstić information content (AvgIpc) is 2.90. The Bertz CT molecular complexity index is 600. The maximum atomic E-state index is 12.2. The molecular formula is C18H24N2O2. The van der Waals surface area contributed by atoms with E-state index in [0.29, 0.717) is 25.5 Å². The molecule has 0 unspecified atom stereocenters. The average molecular weight is 300 g/mol. The number of hydrogen-bond acceptors (Lipinski definition) is 3. The molecule has 22 heavy (non-hydrogen) atoms. The third-order valence-electron chi connectivity index (χ3n) is 3.64. The van der Waals surface area contributed by atoms with Crippen molar-refractivity contribution in [3.05, 3.63) is 48.0 Å². The minimum absolute atomic E-state index is 0.141. The van der Waals surface area contributed by atoms with Crippen LogP contribution in [0.3, 0.4) is 0 Å². The van der Waals surface area contributed by atoms with E-state index < -0.39 is 0 Å². The Labute approximate surface area is 132 Å². The van der Waals surface area contributed by atoms with Gasteiger partial charge >= 0.3 is 0 Å². The molecule has 1 aromatic carbocycles. The van der Waals surface area contributed by atoms with Crippen LogP contribution in [-0.4, -0.2) is 21.9 Å². The third kappa shape index (κ3) is 4.72. The molecule has 0 atom stereocenters. The number of carbonyl (C=O) groups excluding carboxylic acids is 1. The molecule has 0 bridgehead atoms. The van der Waals surface area contributed by atoms with Crippen LogP contribution in [0.1, 0.15) is 42.9 Å². The van der Waals surface area contributed by atoms with Gasteiger partial charge < -0.3 is 9.30 Å². The molecule has 2 rings (SSSR count). The molecule has 1 aromatic heterocycles. The van der Waals surface area contributed by atoms with Crippen molar-refractivity contribution in [3.8, 4) is 5.75 Å². The van der Waals surface area contributed by atoms with E-state index >= 15 is 0 Å². The number of aryl methyl sites for hydroxylation is 2. The van der Waals surface area contributed by atoms with Gasteiger partial charge in [-0.2, -0.15) is 0 Å². The number of hydrogen-bond donors (Lipinski definition) is 0. The predicted molar refractivity (Wildman–Crippen MR) is 87.3 cm³/mol. The lowest BCUT2D eigenvalue weighted by molar-refractivity contribution is 0.0977. The summed E-state index contributed by atoms with van der Waals surface area (Å²) in [5, 5.41) is 0. The van der Waals surface area contributed by atoms with Crippen molar-refractivity contribution in [3.63, 3.8) is 0 Å². The quantitative estimate of drug-likeness (QED) is 0.695. The first kappa shape index (κ1) is 16.3. The van der Waals surface area contributed by atoms with Crippen LogP contribution >= 0.6 is 0 Å². The molecule has 0 amide bonds. The van der Waals surface area contributed by atoms with Gasteiger partial charge in [-0.25, -0.2) is 4.98 Å². The highest BCUT2D eigenvalue weighted by atomic mass is 16.5. The minimum Gasteiger partial charge on any atom is -0.494 e. The molecule has 0 aliphatic rings. The number of ether oxygens (including phenoxy) is 1. The Morgan fingerprint density at radius 3 is 2.59 bits per heavy atom. The highest BCUT2D eigenvalue weighted by Crippen LogP contribution is 2.15. The van der Waals surface area contributed by atoms with Crippen molar-refractivity contribution in [2.45, 2.75) is 40.2 Å². The van der Waals surface area contributed by atoms with Gasteiger partial charge in [-0.1, -0.05) is 13.8 Å². The van der Waals surface area contributed by atoms with Gasteiger partial charge in [0.15, 0.2) is 5.78 Å². The Morgan fingerprint density at radius 1 is 1.27 bits per heavy atom. The van der Waals surface area contributed by atoms with Gasteiger partial charge in [0.25, 0.3) is 0 Å². The van der Waals surface area contributed by atoms with Gasteiger partial charge in [-0.15, -0.1) is 0 Å². The fourth-order valence-corrected chi connectivity index (χ4v) is 2.16. The van der Waals surface area contributed by atoms with Gasteiger partial charge in [0.1, 0.15) is 11.6 Å². The summed E-state index contributed by atoms with van der Waals surface area (Å²) in [5.41, 5.74) is 0.731. The monoisotopic (exact) mass is 300 g/mol. The zero-order chi connectivity index (χ0) is 15.9. The zero-order valence-corrected chi connectivity index (χ0v) is 13.6. The maximum absolute atomic E-state index is 12.2. The number of ketones is 1. The summed E-state index contributed by atoms with van der Waals surface area (Å²) in [6.45, 7) is 7.66. The molecule has 0 spiro atoms. The number of Topliss-reactive ketones (excluding diaryl/α,β-unsaturated/α-hetero) is 1. The standard InChI is InChI=1S/C18H24N2O2/c1-14(2)9-13-22-17-6-4-16(5-7-17)18(21)8-11-20-12-10-19-15(20)3/h4-7,10,12,14H,8-9,11,13H2,1-3H3. The van der Waals surface area contributed by atoms with Crippen molar-refractivity contribution < 1.29 is 9.53 Å². The maximum Gasteiger partial charge on any atom is 0.164 e. The number of benzene rings is 1. The summed E-state index contributed by atoms with van der Waals surface area (Å²) >= 11 is 0. The Balaban J connectivity index is 1.84. The smallest absolute Gasteiger partial charge is 0.164 e. The fraction of sp³-hybridized carbons (Fsp3) is 0.444. The van der Waals surface area contributed by atoms with Crippen molar-refractivity contribution >= 4 is 5.78 Å². The molecule has 2 aromatic rings. The highest BCUT2D eigenvalue weighted by molar-refractivity contribution is 5.96. The molecule has 0 saturated carbocycles. The molecular weight excluding hydrogens is 276 g/mol. The van der Waals surface area contributed by atoms with Crippen LogP contribution in [0.5, 0.6) is 5.75 Å². The van der Waals surface area contributed by atoms with Gasteiger partial charge in [0, 0.05) is 30.9 Å². The second kappa shape index (κ2) is 7.78. The topological polar surface area (TPSA) is 44.1 Å². The first-order valence-electron chi connectivity index (χ1n) is 7.80. The van der Waals surface area contributed by atoms with Crippen LogP contribution in [0.25, 0.3) is 0 Å². The predicted octanol–water partition coefficient (Wildman–Crippen LogP) is 3.89. The fourth-order valence-electron chi connectivity index (χ4n) is 2.16. The zero-order valence-electron chi connectivity index (χ0n) is 13.6. The lowest BCUT2D eigenvalue weighted by Crippen LogP contribution is -2.07. The second-order valence-electron chi connectivity index (χ2n) is 5.90. The number of imidazole rings is 1. The first-order valence-corrected chi connectivity index (χ1v) is 7.80. The van der Waals surface area contributed by atoms with Gasteiger partial charge in [0.2, 0.25) is 0 Å². The largest absolute Gasteiger partial charge is 0.494 e. The normalized spacial score (nSPS) is 10.9. The van der Waals surface area contributed by atoms with Crippen molar-refractivity contribution in [1.29, 1.82) is 0 Å². The molecule has 0 fully saturated rings. The molecule has 0 radical (unpaired) electrons. The van der Waals surface area contributed by atoms with E-state index in [9.17, 15) is 4.79 Å². The summed E-state index contributed by atoms with van der Waals surface area (Å²) in [5.74, 6) is 2.53. The van der Waals surface area contributed by atoms with Crippen molar-refractivity contribution in [2.75, 3.05) is 6.61 Å². The summed E-state index contributed by atoms with van der Waals surface area (Å²) < 4.78 is 7.65. The Hall–Kier alpha value is -2.10. The third-order valence-corrected chi connectivity index (χ3v) is 3.64. The van der Waals surface area contributed by atoms with Crippen molar-refractivity contribution in [1.82, 2.24) is 9.55 Å². The van der Waals surface area contributed by atoms with E-state index in [1.807, 2.05) is 42.0 Å². The molecule has 0 N–H and O–H groups in total. The lowest BCUT2D eigenvalue weighted by Gasteiger charge is -2.09. The lowest BCUT2D eigenvalue weighted by atomic mass is 10.1. The molecule has 4 heteroatoms. The summed E-state index contributed by atoms with van der Waals surface area (Å²) in [6, 6.07) is 7.42. The molecule has 0 saturated heterocycles. The van der Waals surface area contributed by atoms with Crippen LogP contribution < -0.4 is 4.74 Å². The van der Waals surface area contributed by atoms with E-state index in [1.54, 1.807) is 6.20 Å². The van der Waals surface area contributed by atoms with Crippen LogP contribution in [0.15, 0.2) is 36.7 Å². The van der Waals surface area contributed by atoms with Crippen LogP contribution in [0.4, 0.5) is 0 Å². The van der Waals surface area contributed by atoms with Gasteiger partial charge in [-0.3, -0.25) is 4.79 Å². The van der Waals surface area contributed by atoms with Gasteiger partial charge in [-0.05, 0) is 43.5 Å². The number of aromatic nitrogens is 2. The SMILES string of the molecule is Cc1nccn1CCC(=O)c1ccc(OCCC(C)C)cc1. The number of carbonyl (C=O) groups is 1. The first-order chi connectivity index (χ1) is 10.6. The molecule has 1 heterocycles. The van der Waals surface area contributed by atoms with Crippen LogP contribution in [0, 0.1) is 12.8 Å². The summed E-state index contributed by atoms with van der Waals surface area (Å²) in [7, 11) is 0. The van der Waals surface area contributed by atoms with E-state index in [4.69, 9.17) is 4.74 Å². The second-order valence-corrected chi connectivity index (χ2v) is 5.90. The molecule has 0 aliphatic heterocycles. The number of nitrogens with zero attached hydrogens (tertiary/aromatic N) is 2. The highest BCUT2D eigenvalue weighted by Gasteiger charge is 2.07. The molecule has 0 aliphatic carbocycles. The van der Waals surface area contributed by atoms with Gasteiger partial charge in [0.05, 0.1) is 6.61 Å². The summed E-state index contributed by atoms with van der Waals surface area (Å²) in [6.07, 6.45) is 5.16. The van der Waals surface area contributed by atoms with Crippen LogP contribution in [-0.2, 0) is 6.54 Å². The van der Waals surface area contributed by atoms with E-state index in [1.165, 1.54) is 0 Å². The molecule has 4 nitrogen and oxygen atoms in total. The number of rotatable bonds is 8. The van der Waals surface area contributed by atoms with E-state index in [0.717, 1.165) is 23.6 Å². The van der Waals surface area contributed by atoms with Crippen molar-refractivity contribution in [2.24, 2.45) is 5.92 Å². The Morgan fingerprint density at radius 2 is 2.00 bits per heavy atom.